The van der Waals surface area contributed by atoms with Gasteiger partial charge in [0, 0.05) is 6.54 Å². The van der Waals surface area contributed by atoms with E-state index < -0.39 is 0 Å². The molecule has 4 nitrogen and oxygen atoms in total. The number of rotatable bonds is 1. The number of hydrogen-bond acceptors (Lipinski definition) is 3. The summed E-state index contributed by atoms with van der Waals surface area (Å²) >= 11 is 0. The Morgan fingerprint density at radius 2 is 2.43 bits per heavy atom. The zero-order valence-electron chi connectivity index (χ0n) is 8.66. The minimum Gasteiger partial charge on any atom is -0.377 e. The average Bonchev–Trinajstić information content (AvgIpc) is 2.70. The van der Waals surface area contributed by atoms with Gasteiger partial charge >= 0.3 is 0 Å². The van der Waals surface area contributed by atoms with Gasteiger partial charge in [0.05, 0.1) is 25.3 Å². The summed E-state index contributed by atoms with van der Waals surface area (Å²) in [5.74, 6) is 0.262. The lowest BCUT2D eigenvalue weighted by atomic mass is 10.1. The van der Waals surface area contributed by atoms with Crippen LogP contribution in [0.25, 0.3) is 0 Å². The number of carbonyl (C=O) groups is 1. The lowest BCUT2D eigenvalue weighted by Gasteiger charge is -2.35. The molecule has 14 heavy (non-hydrogen) atoms. The van der Waals surface area contributed by atoms with Gasteiger partial charge in [-0.2, -0.15) is 0 Å². The maximum Gasteiger partial charge on any atom is 0.240 e. The molecule has 1 N–H and O–H groups in total. The van der Waals surface area contributed by atoms with Crippen molar-refractivity contribution in [3.63, 3.8) is 0 Å². The van der Waals surface area contributed by atoms with Crippen LogP contribution >= 0.6 is 0 Å². The Hall–Kier alpha value is -0.610. The fraction of sp³-hybridized carbons (Fsp3) is 0.900. The molecule has 2 heterocycles. The molecule has 2 rings (SSSR count). The van der Waals surface area contributed by atoms with Crippen molar-refractivity contribution >= 4 is 5.91 Å². The molecule has 2 aliphatic rings. The van der Waals surface area contributed by atoms with Crippen molar-refractivity contribution in [2.75, 3.05) is 26.3 Å². The smallest absolute Gasteiger partial charge is 0.240 e. The first kappa shape index (κ1) is 9.93. The zero-order valence-corrected chi connectivity index (χ0v) is 8.66. The lowest BCUT2D eigenvalue weighted by molar-refractivity contribution is -0.141. The van der Waals surface area contributed by atoms with Crippen LogP contribution in [0, 0.1) is 0 Å². The van der Waals surface area contributed by atoms with E-state index in [0.717, 1.165) is 25.9 Å². The third-order valence-corrected chi connectivity index (χ3v) is 3.01. The van der Waals surface area contributed by atoms with Gasteiger partial charge in [0.15, 0.2) is 0 Å². The van der Waals surface area contributed by atoms with E-state index in [1.165, 1.54) is 0 Å². The summed E-state index contributed by atoms with van der Waals surface area (Å²) < 4.78 is 5.31. The maximum absolute atomic E-state index is 12.0. The second-order valence-corrected chi connectivity index (χ2v) is 4.10. The van der Waals surface area contributed by atoms with E-state index in [1.54, 1.807) is 0 Å². The number of carbonyl (C=O) groups excluding carboxylic acids is 1. The Bertz CT molecular complexity index is 214. The van der Waals surface area contributed by atoms with Crippen molar-refractivity contribution < 1.29 is 9.53 Å². The number of hydrogen-bond donors (Lipinski definition) is 1. The number of nitrogens with one attached hydrogen (secondary N) is 1. The first-order chi connectivity index (χ1) is 6.79. The molecule has 2 atom stereocenters. The summed E-state index contributed by atoms with van der Waals surface area (Å²) in [6, 6.07) is 0.300. The molecule has 0 spiro atoms. The molecule has 80 valence electrons. The van der Waals surface area contributed by atoms with Crippen LogP contribution in [0.5, 0.6) is 0 Å². The standard InChI is InChI=1S/C10H18N2O2/c1-8-7-14-6-5-12(8)10(13)9-3-2-4-11-9/h8-9,11H,2-7H2,1H3/t8-,9+/m1/s1. The highest BCUT2D eigenvalue weighted by Gasteiger charge is 2.30. The maximum atomic E-state index is 12.0. The first-order valence-electron chi connectivity index (χ1n) is 5.40. The lowest BCUT2D eigenvalue weighted by Crippen LogP contribution is -2.52. The first-order valence-corrected chi connectivity index (χ1v) is 5.40. The minimum absolute atomic E-state index is 0.0653. The predicted molar refractivity (Wildman–Crippen MR) is 53.0 cm³/mol. The van der Waals surface area contributed by atoms with Crippen LogP contribution < -0.4 is 5.32 Å². The van der Waals surface area contributed by atoms with Crippen molar-refractivity contribution in [1.29, 1.82) is 0 Å². The van der Waals surface area contributed by atoms with Crippen LogP contribution in [0.2, 0.25) is 0 Å². The molecule has 1 amide bonds. The van der Waals surface area contributed by atoms with Gasteiger partial charge in [-0.05, 0) is 26.3 Å². The number of ether oxygens (including phenoxy) is 1. The molecule has 0 bridgehead atoms. The molecule has 0 aromatic heterocycles. The molecular weight excluding hydrogens is 180 g/mol. The van der Waals surface area contributed by atoms with Crippen LogP contribution in [0.15, 0.2) is 0 Å². The van der Waals surface area contributed by atoms with Gasteiger partial charge in [-0.1, -0.05) is 0 Å². The molecule has 4 heteroatoms. The molecular formula is C10H18N2O2. The average molecular weight is 198 g/mol. The topological polar surface area (TPSA) is 41.6 Å². The van der Waals surface area contributed by atoms with E-state index in [9.17, 15) is 4.79 Å². The highest BCUT2D eigenvalue weighted by molar-refractivity contribution is 5.82. The molecule has 0 aromatic carbocycles. The Morgan fingerprint density at radius 3 is 3.07 bits per heavy atom. The second kappa shape index (κ2) is 4.28. The monoisotopic (exact) mass is 198 g/mol. The van der Waals surface area contributed by atoms with Crippen LogP contribution in [0.4, 0.5) is 0 Å². The van der Waals surface area contributed by atoms with Crippen molar-refractivity contribution in [3.05, 3.63) is 0 Å². The highest BCUT2D eigenvalue weighted by atomic mass is 16.5. The fourth-order valence-corrected chi connectivity index (χ4v) is 2.15. The van der Waals surface area contributed by atoms with E-state index >= 15 is 0 Å². The van der Waals surface area contributed by atoms with Crippen LogP contribution in [0.3, 0.4) is 0 Å². The molecule has 2 fully saturated rings. The number of morpholine rings is 1. The molecule has 2 saturated heterocycles. The van der Waals surface area contributed by atoms with Gasteiger partial charge in [0.1, 0.15) is 0 Å². The Balaban J connectivity index is 1.94. The molecule has 0 radical (unpaired) electrons. The van der Waals surface area contributed by atoms with Gasteiger partial charge in [-0.3, -0.25) is 4.79 Å². The highest BCUT2D eigenvalue weighted by Crippen LogP contribution is 2.13. The van der Waals surface area contributed by atoms with E-state index in [0.29, 0.717) is 13.2 Å². The van der Waals surface area contributed by atoms with Gasteiger partial charge in [-0.15, -0.1) is 0 Å². The SMILES string of the molecule is C[C@@H]1COCCN1C(=O)[C@@H]1CCCN1. The van der Waals surface area contributed by atoms with Crippen molar-refractivity contribution in [3.8, 4) is 0 Å². The minimum atomic E-state index is 0.0653. The van der Waals surface area contributed by atoms with Gasteiger partial charge in [-0.25, -0.2) is 0 Å². The molecule has 0 unspecified atom stereocenters. The molecule has 2 aliphatic heterocycles. The van der Waals surface area contributed by atoms with E-state index in [4.69, 9.17) is 4.74 Å². The van der Waals surface area contributed by atoms with E-state index in [2.05, 4.69) is 5.32 Å². The van der Waals surface area contributed by atoms with E-state index in [1.807, 2.05) is 11.8 Å². The zero-order chi connectivity index (χ0) is 9.97. The molecule has 0 aliphatic carbocycles. The number of nitrogens with zero attached hydrogens (tertiary/aromatic N) is 1. The fourth-order valence-electron chi connectivity index (χ4n) is 2.15. The quantitative estimate of drug-likeness (QED) is 0.644. The van der Waals surface area contributed by atoms with Gasteiger partial charge in [0.2, 0.25) is 5.91 Å². The summed E-state index contributed by atoms with van der Waals surface area (Å²) in [4.78, 5) is 14.0. The molecule has 0 aromatic rings. The van der Waals surface area contributed by atoms with E-state index in [-0.39, 0.29) is 18.0 Å². The summed E-state index contributed by atoms with van der Waals surface area (Å²) in [5.41, 5.74) is 0. The largest absolute Gasteiger partial charge is 0.377 e. The van der Waals surface area contributed by atoms with Crippen LogP contribution in [-0.4, -0.2) is 49.2 Å². The van der Waals surface area contributed by atoms with Crippen LogP contribution in [0.1, 0.15) is 19.8 Å². The summed E-state index contributed by atoms with van der Waals surface area (Å²) in [7, 11) is 0. The third kappa shape index (κ3) is 1.91. The Morgan fingerprint density at radius 1 is 1.57 bits per heavy atom. The predicted octanol–water partition coefficient (Wildman–Crippen LogP) is -0.0143. The normalized spacial score (nSPS) is 33.4. The third-order valence-electron chi connectivity index (χ3n) is 3.01. The molecule has 0 saturated carbocycles. The van der Waals surface area contributed by atoms with Crippen molar-refractivity contribution in [2.24, 2.45) is 0 Å². The van der Waals surface area contributed by atoms with Gasteiger partial charge in [0.25, 0.3) is 0 Å². The second-order valence-electron chi connectivity index (χ2n) is 4.10. The Kier molecular flexibility index (Phi) is 3.03. The Labute approximate surface area is 84.6 Å². The van der Waals surface area contributed by atoms with Gasteiger partial charge < -0.3 is 15.0 Å². The number of amides is 1. The van der Waals surface area contributed by atoms with Crippen LogP contribution in [-0.2, 0) is 9.53 Å². The summed E-state index contributed by atoms with van der Waals surface area (Å²) in [5, 5.41) is 3.24. The summed E-state index contributed by atoms with van der Waals surface area (Å²) in [6.07, 6.45) is 2.11. The van der Waals surface area contributed by atoms with Crippen molar-refractivity contribution in [1.82, 2.24) is 10.2 Å². The summed E-state index contributed by atoms with van der Waals surface area (Å²) in [6.45, 7) is 5.14. The van der Waals surface area contributed by atoms with Crippen molar-refractivity contribution in [2.45, 2.75) is 31.8 Å².